The van der Waals surface area contributed by atoms with Crippen LogP contribution < -0.4 is 5.32 Å². The lowest BCUT2D eigenvalue weighted by atomic mass is 10.1. The Balaban J connectivity index is 2.35. The quantitative estimate of drug-likeness (QED) is 0.656. The minimum Gasteiger partial charge on any atom is -0.354 e. The maximum atomic E-state index is 12.4. The van der Waals surface area contributed by atoms with Crippen LogP contribution in [0.5, 0.6) is 0 Å². The van der Waals surface area contributed by atoms with Gasteiger partial charge in [-0.1, -0.05) is 17.7 Å². The van der Waals surface area contributed by atoms with Crippen molar-refractivity contribution in [3.05, 3.63) is 38.9 Å². The van der Waals surface area contributed by atoms with Gasteiger partial charge in [-0.05, 0) is 18.6 Å². The predicted molar refractivity (Wildman–Crippen MR) is 71.6 cm³/mol. The molecule has 1 fully saturated rings. The molecule has 1 aromatic rings. The van der Waals surface area contributed by atoms with E-state index in [1.807, 2.05) is 0 Å². The highest BCUT2D eigenvalue weighted by molar-refractivity contribution is 6.33. The average Bonchev–Trinajstić information content (AvgIpc) is 2.61. The maximum absolute atomic E-state index is 12.4. The zero-order valence-electron chi connectivity index (χ0n) is 10.5. The van der Waals surface area contributed by atoms with Crippen LogP contribution in [0.25, 0.3) is 0 Å². The van der Waals surface area contributed by atoms with Crippen LogP contribution in [0.4, 0.5) is 5.69 Å². The van der Waals surface area contributed by atoms with E-state index in [1.54, 1.807) is 0 Å². The molecule has 0 atom stereocenters. The van der Waals surface area contributed by atoms with Gasteiger partial charge in [0.1, 0.15) is 10.6 Å². The molecular weight excluding hydrogens is 286 g/mol. The molecule has 2 rings (SSSR count). The standard InChI is InChI=1S/C12H12ClN3O4/c13-9-4-1-3-8(11(9)16(19)20)12(18)15-6-2-5-14-10(17)7-15/h1,3-4H,2,5-7H2,(H,14,17). The number of carbonyl (C=O) groups excluding carboxylic acids is 2. The lowest BCUT2D eigenvalue weighted by Gasteiger charge is -2.19. The van der Waals surface area contributed by atoms with Crippen LogP contribution >= 0.6 is 11.6 Å². The first kappa shape index (κ1) is 14.3. The van der Waals surface area contributed by atoms with Crippen molar-refractivity contribution < 1.29 is 14.5 Å². The van der Waals surface area contributed by atoms with E-state index in [1.165, 1.54) is 23.1 Å². The molecule has 7 nitrogen and oxygen atoms in total. The lowest BCUT2D eigenvalue weighted by Crippen LogP contribution is -2.37. The van der Waals surface area contributed by atoms with Crippen LogP contribution in [0.15, 0.2) is 18.2 Å². The Labute approximate surface area is 119 Å². The van der Waals surface area contributed by atoms with Crippen molar-refractivity contribution in [2.45, 2.75) is 6.42 Å². The summed E-state index contributed by atoms with van der Waals surface area (Å²) in [4.78, 5) is 35.4. The van der Waals surface area contributed by atoms with Crippen molar-refractivity contribution in [3.8, 4) is 0 Å². The smallest absolute Gasteiger partial charge is 0.300 e. The molecule has 0 saturated carbocycles. The molecule has 0 bridgehead atoms. The van der Waals surface area contributed by atoms with Gasteiger partial charge < -0.3 is 10.2 Å². The zero-order valence-corrected chi connectivity index (χ0v) is 11.2. The number of nitrogens with one attached hydrogen (secondary N) is 1. The van der Waals surface area contributed by atoms with Gasteiger partial charge in [-0.2, -0.15) is 0 Å². The Kier molecular flexibility index (Phi) is 4.19. The van der Waals surface area contributed by atoms with Crippen molar-refractivity contribution in [3.63, 3.8) is 0 Å². The molecule has 1 saturated heterocycles. The van der Waals surface area contributed by atoms with Crippen LogP contribution in [0.1, 0.15) is 16.8 Å². The lowest BCUT2D eigenvalue weighted by molar-refractivity contribution is -0.385. The number of nitro benzene ring substituents is 1. The van der Waals surface area contributed by atoms with Gasteiger partial charge in [0.05, 0.1) is 11.5 Å². The van der Waals surface area contributed by atoms with Crippen molar-refractivity contribution >= 4 is 29.1 Å². The van der Waals surface area contributed by atoms with Gasteiger partial charge in [-0.15, -0.1) is 0 Å². The summed E-state index contributed by atoms with van der Waals surface area (Å²) < 4.78 is 0. The molecule has 20 heavy (non-hydrogen) atoms. The Morgan fingerprint density at radius 1 is 1.45 bits per heavy atom. The van der Waals surface area contributed by atoms with E-state index in [4.69, 9.17) is 11.6 Å². The third-order valence-electron chi connectivity index (χ3n) is 2.95. The Morgan fingerprint density at radius 2 is 2.20 bits per heavy atom. The summed E-state index contributed by atoms with van der Waals surface area (Å²) >= 11 is 5.78. The van der Waals surface area contributed by atoms with Crippen molar-refractivity contribution in [2.24, 2.45) is 0 Å². The monoisotopic (exact) mass is 297 g/mol. The van der Waals surface area contributed by atoms with E-state index in [-0.39, 0.29) is 23.0 Å². The number of nitro groups is 1. The van der Waals surface area contributed by atoms with Crippen LogP contribution in [0, 0.1) is 10.1 Å². The van der Waals surface area contributed by atoms with E-state index in [0.717, 1.165) is 0 Å². The molecule has 0 unspecified atom stereocenters. The van der Waals surface area contributed by atoms with Gasteiger partial charge in [-0.25, -0.2) is 0 Å². The molecule has 1 heterocycles. The highest BCUT2D eigenvalue weighted by atomic mass is 35.5. The fourth-order valence-corrected chi connectivity index (χ4v) is 2.27. The third-order valence-corrected chi connectivity index (χ3v) is 3.25. The van der Waals surface area contributed by atoms with Gasteiger partial charge in [0.25, 0.3) is 5.91 Å². The first-order valence-electron chi connectivity index (χ1n) is 5.99. The van der Waals surface area contributed by atoms with Crippen LogP contribution in [-0.2, 0) is 4.79 Å². The number of benzene rings is 1. The minimum atomic E-state index is -0.687. The molecule has 0 spiro atoms. The van der Waals surface area contributed by atoms with E-state index >= 15 is 0 Å². The van der Waals surface area contributed by atoms with E-state index in [0.29, 0.717) is 19.5 Å². The first-order valence-corrected chi connectivity index (χ1v) is 6.37. The molecule has 106 valence electrons. The van der Waals surface area contributed by atoms with Gasteiger partial charge in [-0.3, -0.25) is 19.7 Å². The van der Waals surface area contributed by atoms with E-state index < -0.39 is 16.5 Å². The summed E-state index contributed by atoms with van der Waals surface area (Å²) in [6, 6.07) is 4.17. The molecule has 0 aromatic heterocycles. The topological polar surface area (TPSA) is 92.5 Å². The Bertz CT molecular complexity index is 576. The second-order valence-electron chi connectivity index (χ2n) is 4.32. The van der Waals surface area contributed by atoms with Crippen LogP contribution in [0.2, 0.25) is 5.02 Å². The first-order chi connectivity index (χ1) is 9.50. The van der Waals surface area contributed by atoms with Crippen molar-refractivity contribution in [1.82, 2.24) is 10.2 Å². The third kappa shape index (κ3) is 2.88. The van der Waals surface area contributed by atoms with E-state index in [2.05, 4.69) is 5.32 Å². The number of rotatable bonds is 2. The van der Waals surface area contributed by atoms with Crippen molar-refractivity contribution in [1.29, 1.82) is 0 Å². The predicted octanol–water partition coefficient (Wildman–Crippen LogP) is 1.21. The van der Waals surface area contributed by atoms with Gasteiger partial charge in [0, 0.05) is 13.1 Å². The molecular formula is C12H12ClN3O4. The molecule has 8 heteroatoms. The van der Waals surface area contributed by atoms with Gasteiger partial charge >= 0.3 is 5.69 Å². The SMILES string of the molecule is O=C1CN(C(=O)c2cccc(Cl)c2[N+](=O)[O-])CCCN1. The number of hydrogen-bond acceptors (Lipinski definition) is 4. The Morgan fingerprint density at radius 3 is 2.90 bits per heavy atom. The molecule has 1 aromatic carbocycles. The number of carbonyl (C=O) groups is 2. The minimum absolute atomic E-state index is 0.0971. The highest BCUT2D eigenvalue weighted by Crippen LogP contribution is 2.29. The molecule has 1 aliphatic heterocycles. The summed E-state index contributed by atoms with van der Waals surface area (Å²) in [7, 11) is 0. The summed E-state index contributed by atoms with van der Waals surface area (Å²) in [5, 5.41) is 13.6. The zero-order chi connectivity index (χ0) is 14.7. The molecule has 0 aliphatic carbocycles. The molecule has 0 radical (unpaired) electrons. The van der Waals surface area contributed by atoms with Gasteiger partial charge in [0.15, 0.2) is 0 Å². The maximum Gasteiger partial charge on any atom is 0.300 e. The Hall–Kier alpha value is -2.15. The summed E-state index contributed by atoms with van der Waals surface area (Å²) in [5.41, 5.74) is -0.527. The average molecular weight is 298 g/mol. The largest absolute Gasteiger partial charge is 0.354 e. The fraction of sp³-hybridized carbons (Fsp3) is 0.333. The summed E-state index contributed by atoms with van der Waals surface area (Å²) in [6.07, 6.45) is 0.603. The second-order valence-corrected chi connectivity index (χ2v) is 4.73. The number of amides is 2. The number of nitrogens with zero attached hydrogens (tertiary/aromatic N) is 2. The van der Waals surface area contributed by atoms with Crippen LogP contribution in [0.3, 0.4) is 0 Å². The van der Waals surface area contributed by atoms with E-state index in [9.17, 15) is 19.7 Å². The molecule has 1 N–H and O–H groups in total. The number of hydrogen-bond donors (Lipinski definition) is 1. The number of para-hydroxylation sites is 1. The molecule has 1 aliphatic rings. The summed E-state index contributed by atoms with van der Waals surface area (Å²) in [5.74, 6) is -0.836. The summed E-state index contributed by atoms with van der Waals surface area (Å²) in [6.45, 7) is 0.740. The number of halogens is 1. The van der Waals surface area contributed by atoms with Crippen LogP contribution in [-0.4, -0.2) is 41.3 Å². The van der Waals surface area contributed by atoms with Gasteiger partial charge in [0.2, 0.25) is 5.91 Å². The molecule has 2 amide bonds. The highest BCUT2D eigenvalue weighted by Gasteiger charge is 2.28. The fourth-order valence-electron chi connectivity index (χ4n) is 2.02. The van der Waals surface area contributed by atoms with Crippen molar-refractivity contribution in [2.75, 3.05) is 19.6 Å². The second kappa shape index (κ2) is 5.87. The normalized spacial score (nSPS) is 15.4.